The van der Waals surface area contributed by atoms with E-state index in [1.807, 2.05) is 0 Å². The number of amides is 1. The van der Waals surface area contributed by atoms with Gasteiger partial charge in [-0.15, -0.1) is 5.92 Å². The second-order valence-electron chi connectivity index (χ2n) is 6.44. The lowest BCUT2D eigenvalue weighted by Gasteiger charge is -2.16. The first kappa shape index (κ1) is 22.8. The van der Waals surface area contributed by atoms with E-state index in [0.29, 0.717) is 11.3 Å². The summed E-state index contributed by atoms with van der Waals surface area (Å²) in [7, 11) is 0. The number of halogens is 3. The van der Waals surface area contributed by atoms with Gasteiger partial charge in [-0.3, -0.25) is 9.59 Å². The monoisotopic (exact) mass is 419 g/mol. The van der Waals surface area contributed by atoms with Crippen LogP contribution in [-0.4, -0.2) is 23.1 Å². The molecule has 2 rings (SSSR count). The molecule has 8 heteroatoms. The quantitative estimate of drug-likeness (QED) is 0.639. The third kappa shape index (κ3) is 6.55. The van der Waals surface area contributed by atoms with Crippen molar-refractivity contribution in [1.29, 1.82) is 0 Å². The number of anilines is 1. The molecule has 0 saturated carbocycles. The maximum Gasteiger partial charge on any atom is 0.416 e. The molecule has 0 saturated heterocycles. The molecule has 2 aromatic rings. The lowest BCUT2D eigenvalue weighted by Crippen LogP contribution is -2.30. The van der Waals surface area contributed by atoms with E-state index in [9.17, 15) is 22.8 Å². The lowest BCUT2D eigenvalue weighted by molar-refractivity contribution is -0.138. The fraction of sp³-hybridized carbons (Fsp3) is 0.273. The van der Waals surface area contributed by atoms with E-state index in [1.54, 1.807) is 31.2 Å². The minimum atomic E-state index is -4.51. The van der Waals surface area contributed by atoms with Gasteiger partial charge < -0.3 is 15.2 Å². The van der Waals surface area contributed by atoms with Crippen LogP contribution in [0.15, 0.2) is 48.5 Å². The van der Waals surface area contributed by atoms with Crippen molar-refractivity contribution in [3.05, 3.63) is 59.7 Å². The van der Waals surface area contributed by atoms with Crippen molar-refractivity contribution >= 4 is 17.6 Å². The van der Waals surface area contributed by atoms with Gasteiger partial charge in [-0.1, -0.05) is 24.1 Å². The minimum absolute atomic E-state index is 0.0718. The third-order valence-corrected chi connectivity index (χ3v) is 4.12. The Hall–Kier alpha value is -3.47. The zero-order valence-electron chi connectivity index (χ0n) is 16.3. The number of carboxylic acids is 1. The fourth-order valence-corrected chi connectivity index (χ4v) is 2.65. The van der Waals surface area contributed by atoms with E-state index < -0.39 is 35.6 Å². The first-order valence-corrected chi connectivity index (χ1v) is 8.99. The van der Waals surface area contributed by atoms with Crippen LogP contribution >= 0.6 is 0 Å². The van der Waals surface area contributed by atoms with Gasteiger partial charge >= 0.3 is 12.1 Å². The van der Waals surface area contributed by atoms with Gasteiger partial charge in [0, 0.05) is 5.69 Å². The highest BCUT2D eigenvalue weighted by Crippen LogP contribution is 2.31. The summed E-state index contributed by atoms with van der Waals surface area (Å²) >= 11 is 0. The number of hydrogen-bond acceptors (Lipinski definition) is 3. The summed E-state index contributed by atoms with van der Waals surface area (Å²) in [4.78, 5) is 23.3. The molecule has 0 heterocycles. The normalized spacial score (nSPS) is 12.8. The Morgan fingerprint density at radius 2 is 1.83 bits per heavy atom. The molecule has 5 nitrogen and oxygen atoms in total. The Morgan fingerprint density at radius 3 is 2.40 bits per heavy atom. The van der Waals surface area contributed by atoms with Crippen molar-refractivity contribution in [2.75, 3.05) is 5.32 Å². The zero-order valence-corrected chi connectivity index (χ0v) is 16.3. The van der Waals surface area contributed by atoms with E-state index in [-0.39, 0.29) is 12.2 Å². The van der Waals surface area contributed by atoms with Crippen LogP contribution in [0, 0.1) is 11.8 Å². The lowest BCUT2D eigenvalue weighted by atomic mass is 9.96. The zero-order chi connectivity index (χ0) is 22.3. The van der Waals surface area contributed by atoms with Gasteiger partial charge in [-0.2, -0.15) is 13.2 Å². The Bertz CT molecular complexity index is 959. The van der Waals surface area contributed by atoms with Crippen LogP contribution in [0.3, 0.4) is 0 Å². The highest BCUT2D eigenvalue weighted by atomic mass is 19.4. The highest BCUT2D eigenvalue weighted by molar-refractivity contribution is 5.94. The number of ether oxygens (including phenoxy) is 1. The van der Waals surface area contributed by atoms with Gasteiger partial charge in [0.25, 0.3) is 5.91 Å². The number of carboxylic acid groups (broad SMARTS) is 1. The molecule has 0 aliphatic rings. The maximum absolute atomic E-state index is 12.8. The standard InChI is InChI=1S/C22H20F3NO4/c1-3-5-16(12-20(27)28)15-8-10-18(11-9-15)26-21(29)14(2)30-19-7-4-6-17(13-19)22(23,24)25/h4,6-11,13-14,16H,12H2,1-2H3,(H,26,29)(H,27,28). The van der Waals surface area contributed by atoms with E-state index in [4.69, 9.17) is 9.84 Å². The van der Waals surface area contributed by atoms with Crippen molar-refractivity contribution < 1.29 is 32.6 Å². The van der Waals surface area contributed by atoms with Crippen LogP contribution in [0.5, 0.6) is 5.75 Å². The minimum Gasteiger partial charge on any atom is -0.481 e. The van der Waals surface area contributed by atoms with Crippen molar-refractivity contribution in [2.45, 2.75) is 38.5 Å². The molecule has 0 fully saturated rings. The van der Waals surface area contributed by atoms with Gasteiger partial charge in [0.15, 0.2) is 6.10 Å². The number of carbonyl (C=O) groups excluding carboxylic acids is 1. The van der Waals surface area contributed by atoms with Gasteiger partial charge in [0.2, 0.25) is 0 Å². The first-order chi connectivity index (χ1) is 14.1. The van der Waals surface area contributed by atoms with Crippen LogP contribution in [0.25, 0.3) is 0 Å². The molecular formula is C22H20F3NO4. The number of benzene rings is 2. The molecule has 0 aliphatic carbocycles. The van der Waals surface area contributed by atoms with E-state index in [0.717, 1.165) is 12.1 Å². The summed E-state index contributed by atoms with van der Waals surface area (Å²) in [5, 5.41) is 11.6. The number of hydrogen-bond donors (Lipinski definition) is 2. The molecule has 0 aromatic heterocycles. The summed E-state index contributed by atoms with van der Waals surface area (Å²) in [6.45, 7) is 3.04. The fourth-order valence-electron chi connectivity index (χ4n) is 2.65. The number of rotatable bonds is 7. The van der Waals surface area contributed by atoms with Crippen LogP contribution in [0.4, 0.5) is 18.9 Å². The molecule has 0 spiro atoms. The van der Waals surface area contributed by atoms with Crippen molar-refractivity contribution in [3.8, 4) is 17.6 Å². The Morgan fingerprint density at radius 1 is 1.17 bits per heavy atom. The maximum atomic E-state index is 12.8. The van der Waals surface area contributed by atoms with Crippen molar-refractivity contribution in [1.82, 2.24) is 0 Å². The summed E-state index contributed by atoms with van der Waals surface area (Å²) < 4.78 is 43.7. The smallest absolute Gasteiger partial charge is 0.416 e. The summed E-state index contributed by atoms with van der Waals surface area (Å²) in [6, 6.07) is 10.8. The van der Waals surface area contributed by atoms with Crippen LogP contribution in [-0.2, 0) is 15.8 Å². The summed E-state index contributed by atoms with van der Waals surface area (Å²) in [5.74, 6) is 3.47. The van der Waals surface area contributed by atoms with Crippen molar-refractivity contribution in [2.24, 2.45) is 0 Å². The number of nitrogens with one attached hydrogen (secondary N) is 1. The molecule has 2 aromatic carbocycles. The van der Waals surface area contributed by atoms with E-state index >= 15 is 0 Å². The van der Waals surface area contributed by atoms with E-state index in [2.05, 4.69) is 17.2 Å². The van der Waals surface area contributed by atoms with Crippen LogP contribution in [0.2, 0.25) is 0 Å². The Kier molecular flexibility index (Phi) is 7.48. The molecule has 0 aliphatic heterocycles. The van der Waals surface area contributed by atoms with Crippen LogP contribution < -0.4 is 10.1 Å². The molecular weight excluding hydrogens is 399 g/mol. The van der Waals surface area contributed by atoms with Gasteiger partial charge in [0.1, 0.15) is 5.75 Å². The molecule has 30 heavy (non-hydrogen) atoms. The summed E-state index contributed by atoms with van der Waals surface area (Å²) in [5.41, 5.74) is 0.258. The number of alkyl halides is 3. The molecule has 1 amide bonds. The topological polar surface area (TPSA) is 75.6 Å². The van der Waals surface area contributed by atoms with Gasteiger partial charge in [0.05, 0.1) is 17.9 Å². The molecule has 0 bridgehead atoms. The summed E-state index contributed by atoms with van der Waals surface area (Å²) in [6.07, 6.45) is -5.69. The number of aliphatic carboxylic acids is 1. The average Bonchev–Trinajstić information content (AvgIpc) is 2.67. The SMILES string of the molecule is CC#CC(CC(=O)O)c1ccc(NC(=O)C(C)Oc2cccc(C(F)(F)F)c2)cc1. The molecule has 2 unspecified atom stereocenters. The predicted octanol–water partition coefficient (Wildman–Crippen LogP) is 4.69. The molecule has 2 atom stereocenters. The second-order valence-corrected chi connectivity index (χ2v) is 6.44. The Balaban J connectivity index is 2.03. The highest BCUT2D eigenvalue weighted by Gasteiger charge is 2.31. The third-order valence-electron chi connectivity index (χ3n) is 4.12. The predicted molar refractivity (Wildman–Crippen MR) is 105 cm³/mol. The molecule has 2 N–H and O–H groups in total. The molecule has 158 valence electrons. The second kappa shape index (κ2) is 9.83. The molecule has 0 radical (unpaired) electrons. The van der Waals surface area contributed by atoms with Gasteiger partial charge in [-0.05, 0) is 49.7 Å². The van der Waals surface area contributed by atoms with Crippen molar-refractivity contribution in [3.63, 3.8) is 0 Å². The van der Waals surface area contributed by atoms with Gasteiger partial charge in [-0.25, -0.2) is 0 Å². The first-order valence-electron chi connectivity index (χ1n) is 8.99. The largest absolute Gasteiger partial charge is 0.481 e. The number of carbonyl (C=O) groups is 2. The van der Waals surface area contributed by atoms with E-state index in [1.165, 1.54) is 19.1 Å². The van der Waals surface area contributed by atoms with Crippen LogP contribution in [0.1, 0.15) is 37.3 Å². The average molecular weight is 419 g/mol. The Labute approximate surface area is 171 Å².